The van der Waals surface area contributed by atoms with Crippen LogP contribution in [0.5, 0.6) is 5.75 Å². The minimum absolute atomic E-state index is 0.0661. The van der Waals surface area contributed by atoms with Crippen molar-refractivity contribution in [3.63, 3.8) is 0 Å². The molecule has 104 valence electrons. The number of carboxylic acids is 1. The number of para-hydroxylation sites is 1. The van der Waals surface area contributed by atoms with Crippen molar-refractivity contribution < 1.29 is 19.7 Å². The van der Waals surface area contributed by atoms with Gasteiger partial charge in [-0.1, -0.05) is 42.5 Å². The molecule has 2 aromatic carbocycles. The summed E-state index contributed by atoms with van der Waals surface area (Å²) in [7, 11) is 0. The van der Waals surface area contributed by atoms with Crippen molar-refractivity contribution in [3.05, 3.63) is 65.7 Å². The zero-order valence-electron chi connectivity index (χ0n) is 11.4. The van der Waals surface area contributed by atoms with Crippen LogP contribution in [0.15, 0.2) is 54.6 Å². The van der Waals surface area contributed by atoms with Crippen molar-refractivity contribution in [1.29, 1.82) is 0 Å². The molecule has 0 saturated carbocycles. The largest absolute Gasteiger partial charge is 0.478 e. The molecule has 0 heterocycles. The van der Waals surface area contributed by atoms with Gasteiger partial charge < -0.3 is 9.99 Å². The highest BCUT2D eigenvalue weighted by Crippen LogP contribution is 2.27. The number of benzene rings is 2. The molecule has 0 radical (unpaired) electrons. The van der Waals surface area contributed by atoms with E-state index in [2.05, 4.69) is 0 Å². The number of hydrogen-bond acceptors (Lipinski definition) is 3. The maximum atomic E-state index is 11.1. The molecule has 0 aliphatic rings. The van der Waals surface area contributed by atoms with Gasteiger partial charge in [0.25, 0.3) is 0 Å². The van der Waals surface area contributed by atoms with E-state index in [0.717, 1.165) is 5.56 Å². The van der Waals surface area contributed by atoms with E-state index in [1.165, 1.54) is 6.07 Å². The lowest BCUT2D eigenvalue weighted by Gasteiger charge is -2.24. The number of hydrogen-bond donors (Lipinski definition) is 1. The summed E-state index contributed by atoms with van der Waals surface area (Å²) in [6.45, 7) is 3.71. The van der Waals surface area contributed by atoms with E-state index >= 15 is 0 Å². The molecular formula is C16H16O4. The summed E-state index contributed by atoms with van der Waals surface area (Å²) in [6.07, 6.45) is 0. The van der Waals surface area contributed by atoms with Crippen LogP contribution in [0.3, 0.4) is 0 Å². The summed E-state index contributed by atoms with van der Waals surface area (Å²) in [5.74, 6) is -0.870. The molecule has 4 nitrogen and oxygen atoms in total. The van der Waals surface area contributed by atoms with Gasteiger partial charge in [-0.15, -0.1) is 0 Å². The van der Waals surface area contributed by atoms with Gasteiger partial charge in [-0.3, -0.25) is 0 Å². The standard InChI is InChI=1S/C16H16O4/c1-16(2,12-8-4-3-5-9-12)20-19-14-11-7-6-10-13(14)15(17)18/h3-11H,1-2H3,(H,17,18). The molecular weight excluding hydrogens is 256 g/mol. The van der Waals surface area contributed by atoms with E-state index in [4.69, 9.17) is 14.9 Å². The molecule has 0 saturated heterocycles. The van der Waals surface area contributed by atoms with Crippen LogP contribution in [0.25, 0.3) is 0 Å². The average molecular weight is 272 g/mol. The van der Waals surface area contributed by atoms with E-state index in [-0.39, 0.29) is 11.3 Å². The van der Waals surface area contributed by atoms with Crippen molar-refractivity contribution in [3.8, 4) is 5.75 Å². The van der Waals surface area contributed by atoms with E-state index in [1.54, 1.807) is 18.2 Å². The molecule has 2 rings (SSSR count). The fourth-order valence-corrected chi connectivity index (χ4v) is 1.75. The van der Waals surface area contributed by atoms with E-state index in [9.17, 15) is 4.79 Å². The normalized spacial score (nSPS) is 11.1. The second kappa shape index (κ2) is 5.75. The Kier molecular flexibility index (Phi) is 4.05. The Labute approximate surface area is 117 Å². The molecule has 0 spiro atoms. The summed E-state index contributed by atoms with van der Waals surface area (Å²) in [5.41, 5.74) is 0.316. The second-order valence-corrected chi connectivity index (χ2v) is 4.84. The maximum Gasteiger partial charge on any atom is 0.339 e. The molecule has 1 N–H and O–H groups in total. The van der Waals surface area contributed by atoms with Gasteiger partial charge in [-0.25, -0.2) is 4.79 Å². The lowest BCUT2D eigenvalue weighted by atomic mass is 9.99. The SMILES string of the molecule is CC(C)(OOc1ccccc1C(=O)O)c1ccccc1. The average Bonchev–Trinajstić information content (AvgIpc) is 2.46. The Balaban J connectivity index is 2.15. The first kappa shape index (κ1) is 14.1. The fourth-order valence-electron chi connectivity index (χ4n) is 1.75. The number of carbonyl (C=O) groups is 1. The minimum Gasteiger partial charge on any atom is -0.478 e. The van der Waals surface area contributed by atoms with Crippen molar-refractivity contribution in [2.24, 2.45) is 0 Å². The van der Waals surface area contributed by atoms with Crippen molar-refractivity contribution in [1.82, 2.24) is 0 Å². The van der Waals surface area contributed by atoms with Gasteiger partial charge in [0.05, 0.1) is 0 Å². The Hall–Kier alpha value is -2.33. The zero-order valence-corrected chi connectivity index (χ0v) is 11.4. The minimum atomic E-state index is -1.05. The lowest BCUT2D eigenvalue weighted by Crippen LogP contribution is -2.24. The zero-order chi connectivity index (χ0) is 14.6. The predicted molar refractivity (Wildman–Crippen MR) is 74.6 cm³/mol. The van der Waals surface area contributed by atoms with Crippen LogP contribution >= 0.6 is 0 Å². The number of carboxylic acid groups (broad SMARTS) is 1. The molecule has 0 atom stereocenters. The molecule has 0 unspecified atom stereocenters. The molecule has 0 aliphatic carbocycles. The van der Waals surface area contributed by atoms with Crippen LogP contribution in [-0.2, 0) is 10.5 Å². The molecule has 20 heavy (non-hydrogen) atoms. The topological polar surface area (TPSA) is 55.8 Å². The smallest absolute Gasteiger partial charge is 0.339 e. The first-order chi connectivity index (χ1) is 9.50. The third-order valence-electron chi connectivity index (χ3n) is 2.93. The lowest BCUT2D eigenvalue weighted by molar-refractivity contribution is -0.286. The molecule has 0 fully saturated rings. The van der Waals surface area contributed by atoms with Gasteiger partial charge in [0, 0.05) is 0 Å². The highest BCUT2D eigenvalue weighted by atomic mass is 17.2. The van der Waals surface area contributed by atoms with Gasteiger partial charge >= 0.3 is 5.97 Å². The van der Waals surface area contributed by atoms with Gasteiger partial charge in [-0.2, -0.15) is 4.89 Å². The number of rotatable bonds is 5. The Bertz CT molecular complexity index is 590. The predicted octanol–water partition coefficient (Wildman–Crippen LogP) is 3.63. The van der Waals surface area contributed by atoms with Crippen molar-refractivity contribution >= 4 is 5.97 Å². The molecule has 0 bridgehead atoms. The Morgan fingerprint density at radius 2 is 1.60 bits per heavy atom. The fraction of sp³-hybridized carbons (Fsp3) is 0.188. The first-order valence-electron chi connectivity index (χ1n) is 6.24. The molecule has 0 amide bonds. The molecule has 2 aromatic rings. The second-order valence-electron chi connectivity index (χ2n) is 4.84. The van der Waals surface area contributed by atoms with Crippen LogP contribution in [0, 0.1) is 0 Å². The molecule has 0 aromatic heterocycles. The van der Waals surface area contributed by atoms with E-state index in [0.29, 0.717) is 0 Å². The van der Waals surface area contributed by atoms with Crippen LogP contribution in [0.2, 0.25) is 0 Å². The monoisotopic (exact) mass is 272 g/mol. The third-order valence-corrected chi connectivity index (χ3v) is 2.93. The van der Waals surface area contributed by atoms with Crippen molar-refractivity contribution in [2.75, 3.05) is 0 Å². The Morgan fingerprint density at radius 3 is 2.25 bits per heavy atom. The molecule has 0 aliphatic heterocycles. The van der Waals surface area contributed by atoms with Crippen LogP contribution in [0.4, 0.5) is 0 Å². The Morgan fingerprint density at radius 1 is 1.00 bits per heavy atom. The summed E-state index contributed by atoms with van der Waals surface area (Å²) in [4.78, 5) is 21.7. The van der Waals surface area contributed by atoms with Gasteiger partial charge in [-0.05, 0) is 31.5 Å². The summed E-state index contributed by atoms with van der Waals surface area (Å²) < 4.78 is 0. The molecule has 4 heteroatoms. The van der Waals surface area contributed by atoms with Crippen LogP contribution in [0.1, 0.15) is 29.8 Å². The summed E-state index contributed by atoms with van der Waals surface area (Å²) in [6, 6.07) is 15.9. The highest BCUT2D eigenvalue weighted by molar-refractivity contribution is 5.90. The van der Waals surface area contributed by atoms with Crippen LogP contribution in [-0.4, -0.2) is 11.1 Å². The van der Waals surface area contributed by atoms with Gasteiger partial charge in [0.1, 0.15) is 11.2 Å². The summed E-state index contributed by atoms with van der Waals surface area (Å²) >= 11 is 0. The summed E-state index contributed by atoms with van der Waals surface area (Å²) in [5, 5.41) is 9.08. The van der Waals surface area contributed by atoms with Gasteiger partial charge in [0.15, 0.2) is 5.75 Å². The number of aromatic carboxylic acids is 1. The van der Waals surface area contributed by atoms with Gasteiger partial charge in [0.2, 0.25) is 0 Å². The first-order valence-corrected chi connectivity index (χ1v) is 6.24. The quantitative estimate of drug-likeness (QED) is 0.667. The van der Waals surface area contributed by atoms with E-state index in [1.807, 2.05) is 44.2 Å². The third kappa shape index (κ3) is 3.16. The van der Waals surface area contributed by atoms with Crippen molar-refractivity contribution in [2.45, 2.75) is 19.4 Å². The van der Waals surface area contributed by atoms with E-state index < -0.39 is 11.6 Å². The maximum absolute atomic E-state index is 11.1. The highest BCUT2D eigenvalue weighted by Gasteiger charge is 2.24. The van der Waals surface area contributed by atoms with Crippen LogP contribution < -0.4 is 4.89 Å².